The number of likely N-dealkylation sites (N-methyl/N-ethyl adjacent to an activating group) is 1. The van der Waals surface area contributed by atoms with Crippen molar-refractivity contribution in [3.8, 4) is 5.75 Å². The molecule has 1 aliphatic heterocycles. The number of halogens is 4. The van der Waals surface area contributed by atoms with Crippen molar-refractivity contribution in [2.75, 3.05) is 20.2 Å². The molecule has 2 rings (SSSR count). The second kappa shape index (κ2) is 7.01. The predicted molar refractivity (Wildman–Crippen MR) is 80.9 cm³/mol. The number of phenolic OH excluding ortho intramolecular Hbond substituents is 1. The Morgan fingerprint density at radius 1 is 1.42 bits per heavy atom. The lowest BCUT2D eigenvalue weighted by Crippen LogP contribution is -2.41. The SMILES string of the molecule is CN(CC(O)C1COC(C)(C)O1)C(=O)c1cc(F)cc(C(F)(F)F)c1O. The topological polar surface area (TPSA) is 79.2 Å². The first-order valence-corrected chi connectivity index (χ1v) is 7.67. The van der Waals surface area contributed by atoms with Gasteiger partial charge in [0.1, 0.15) is 29.3 Å². The molecule has 0 bridgehead atoms. The maximum Gasteiger partial charge on any atom is 0.420 e. The molecule has 146 valence electrons. The first kappa shape index (κ1) is 20.4. The second-order valence-electron chi connectivity index (χ2n) is 6.47. The number of phenols is 1. The lowest BCUT2D eigenvalue weighted by molar-refractivity contribution is -0.151. The van der Waals surface area contributed by atoms with E-state index in [-0.39, 0.29) is 19.2 Å². The fourth-order valence-corrected chi connectivity index (χ4v) is 2.57. The Morgan fingerprint density at radius 3 is 2.54 bits per heavy atom. The number of hydrogen-bond donors (Lipinski definition) is 2. The van der Waals surface area contributed by atoms with Crippen LogP contribution in [0.15, 0.2) is 12.1 Å². The number of aromatic hydroxyl groups is 1. The summed E-state index contributed by atoms with van der Waals surface area (Å²) in [4.78, 5) is 13.2. The zero-order valence-corrected chi connectivity index (χ0v) is 14.3. The van der Waals surface area contributed by atoms with Gasteiger partial charge < -0.3 is 24.6 Å². The van der Waals surface area contributed by atoms with Crippen LogP contribution in [0.2, 0.25) is 0 Å². The quantitative estimate of drug-likeness (QED) is 0.782. The van der Waals surface area contributed by atoms with Gasteiger partial charge >= 0.3 is 6.18 Å². The summed E-state index contributed by atoms with van der Waals surface area (Å²) in [6.45, 7) is 3.02. The van der Waals surface area contributed by atoms with Crippen LogP contribution in [0.3, 0.4) is 0 Å². The minimum atomic E-state index is -5.03. The molecule has 1 fully saturated rings. The van der Waals surface area contributed by atoms with Crippen molar-refractivity contribution in [3.63, 3.8) is 0 Å². The third-order valence-corrected chi connectivity index (χ3v) is 3.88. The number of nitrogens with zero attached hydrogens (tertiary/aromatic N) is 1. The van der Waals surface area contributed by atoms with E-state index in [1.54, 1.807) is 13.8 Å². The Hall–Kier alpha value is -1.91. The van der Waals surface area contributed by atoms with Crippen molar-refractivity contribution in [1.82, 2.24) is 4.90 Å². The van der Waals surface area contributed by atoms with E-state index in [1.165, 1.54) is 7.05 Å². The highest BCUT2D eigenvalue weighted by Gasteiger charge is 2.39. The van der Waals surface area contributed by atoms with Crippen LogP contribution < -0.4 is 0 Å². The van der Waals surface area contributed by atoms with Crippen LogP contribution in [-0.2, 0) is 15.7 Å². The molecule has 2 N–H and O–H groups in total. The van der Waals surface area contributed by atoms with Crippen molar-refractivity contribution in [1.29, 1.82) is 0 Å². The monoisotopic (exact) mass is 381 g/mol. The smallest absolute Gasteiger partial charge is 0.420 e. The highest BCUT2D eigenvalue weighted by Crippen LogP contribution is 2.38. The van der Waals surface area contributed by atoms with Crippen molar-refractivity contribution in [2.24, 2.45) is 0 Å². The predicted octanol–water partition coefficient (Wildman–Crippen LogP) is 2.13. The second-order valence-corrected chi connectivity index (χ2v) is 6.47. The van der Waals surface area contributed by atoms with Gasteiger partial charge in [-0.15, -0.1) is 0 Å². The summed E-state index contributed by atoms with van der Waals surface area (Å²) in [5, 5.41) is 19.9. The Balaban J connectivity index is 2.17. The molecule has 1 heterocycles. The molecule has 2 unspecified atom stereocenters. The van der Waals surface area contributed by atoms with Gasteiger partial charge in [0.05, 0.1) is 12.2 Å². The van der Waals surface area contributed by atoms with Crippen molar-refractivity contribution in [3.05, 3.63) is 29.1 Å². The molecule has 0 spiro atoms. The van der Waals surface area contributed by atoms with Crippen molar-refractivity contribution >= 4 is 5.91 Å². The van der Waals surface area contributed by atoms with E-state index >= 15 is 0 Å². The number of benzene rings is 1. The Morgan fingerprint density at radius 2 is 2.04 bits per heavy atom. The summed E-state index contributed by atoms with van der Waals surface area (Å²) >= 11 is 0. The van der Waals surface area contributed by atoms with Crippen LogP contribution in [0.4, 0.5) is 17.6 Å². The van der Waals surface area contributed by atoms with Crippen LogP contribution in [0, 0.1) is 5.82 Å². The van der Waals surface area contributed by atoms with E-state index in [0.717, 1.165) is 4.90 Å². The summed E-state index contributed by atoms with van der Waals surface area (Å²) in [5.41, 5.74) is -2.50. The number of hydrogen-bond acceptors (Lipinski definition) is 5. The molecule has 6 nitrogen and oxygen atoms in total. The largest absolute Gasteiger partial charge is 0.506 e. The first-order valence-electron chi connectivity index (χ1n) is 7.67. The third-order valence-electron chi connectivity index (χ3n) is 3.88. The summed E-state index contributed by atoms with van der Waals surface area (Å²) in [7, 11) is 1.20. The number of ether oxygens (including phenoxy) is 2. The molecule has 2 atom stereocenters. The lowest BCUT2D eigenvalue weighted by Gasteiger charge is -2.25. The van der Waals surface area contributed by atoms with Gasteiger partial charge in [-0.3, -0.25) is 4.79 Å². The highest BCUT2D eigenvalue weighted by atomic mass is 19.4. The van der Waals surface area contributed by atoms with E-state index in [1.807, 2.05) is 0 Å². The van der Waals surface area contributed by atoms with E-state index in [0.29, 0.717) is 6.07 Å². The molecule has 0 aromatic heterocycles. The van der Waals surface area contributed by atoms with E-state index in [4.69, 9.17) is 9.47 Å². The van der Waals surface area contributed by atoms with Crippen LogP contribution in [-0.4, -0.2) is 59.2 Å². The molecule has 0 saturated carbocycles. The Bertz CT molecular complexity index is 692. The molecule has 0 radical (unpaired) electrons. The van der Waals surface area contributed by atoms with Gasteiger partial charge in [-0.25, -0.2) is 4.39 Å². The number of aliphatic hydroxyl groups excluding tert-OH is 1. The molecular formula is C16H19F4NO5. The van der Waals surface area contributed by atoms with Gasteiger partial charge in [0.25, 0.3) is 5.91 Å². The maximum atomic E-state index is 13.5. The van der Waals surface area contributed by atoms with Gasteiger partial charge in [-0.2, -0.15) is 13.2 Å². The van der Waals surface area contributed by atoms with E-state index < -0.39 is 52.8 Å². The minimum absolute atomic E-state index is 0.0691. The number of alkyl halides is 3. The molecular weight excluding hydrogens is 362 g/mol. The fraction of sp³-hybridized carbons (Fsp3) is 0.562. The standard InChI is InChI=1S/C16H19F4NO5/c1-15(2)25-7-12(26-15)11(22)6-21(3)14(24)9-4-8(17)5-10(13(9)23)16(18,19)20/h4-5,11-12,22-23H,6-7H2,1-3H3. The molecule has 1 aliphatic rings. The summed E-state index contributed by atoms with van der Waals surface area (Å²) in [5.74, 6) is -4.67. The number of carbonyl (C=O) groups excluding carboxylic acids is 1. The van der Waals surface area contributed by atoms with Crippen molar-refractivity contribution < 1.29 is 42.0 Å². The van der Waals surface area contributed by atoms with Crippen LogP contribution in [0.25, 0.3) is 0 Å². The summed E-state index contributed by atoms with van der Waals surface area (Å²) in [6, 6.07) is 0.612. The van der Waals surface area contributed by atoms with Gasteiger partial charge in [-0.1, -0.05) is 0 Å². The first-order chi connectivity index (χ1) is 11.8. The number of aliphatic hydroxyl groups is 1. The summed E-state index contributed by atoms with van der Waals surface area (Å²) in [6.07, 6.45) is -6.96. The van der Waals surface area contributed by atoms with E-state index in [9.17, 15) is 32.6 Å². The maximum absolute atomic E-state index is 13.5. The number of rotatable bonds is 4. The molecule has 26 heavy (non-hydrogen) atoms. The van der Waals surface area contributed by atoms with Crippen LogP contribution in [0.1, 0.15) is 29.8 Å². The molecule has 0 aliphatic carbocycles. The van der Waals surface area contributed by atoms with Gasteiger partial charge in [0.2, 0.25) is 0 Å². The molecule has 1 saturated heterocycles. The Labute approximate surface area is 146 Å². The zero-order valence-electron chi connectivity index (χ0n) is 14.3. The normalized spacial score (nSPS) is 20.8. The lowest BCUT2D eigenvalue weighted by atomic mass is 10.1. The highest BCUT2D eigenvalue weighted by molar-refractivity contribution is 5.97. The van der Waals surface area contributed by atoms with Crippen LogP contribution >= 0.6 is 0 Å². The number of carbonyl (C=O) groups is 1. The van der Waals surface area contributed by atoms with Crippen molar-refractivity contribution in [2.45, 2.75) is 38.0 Å². The Kier molecular flexibility index (Phi) is 5.50. The van der Waals surface area contributed by atoms with Gasteiger partial charge in [0.15, 0.2) is 5.79 Å². The fourth-order valence-electron chi connectivity index (χ4n) is 2.57. The molecule has 1 aromatic carbocycles. The molecule has 1 aromatic rings. The third kappa shape index (κ3) is 4.43. The summed E-state index contributed by atoms with van der Waals surface area (Å²) < 4.78 is 62.7. The average molecular weight is 381 g/mol. The molecule has 10 heteroatoms. The minimum Gasteiger partial charge on any atom is -0.506 e. The number of amides is 1. The van der Waals surface area contributed by atoms with E-state index in [2.05, 4.69) is 0 Å². The van der Waals surface area contributed by atoms with Crippen LogP contribution in [0.5, 0.6) is 5.75 Å². The average Bonchev–Trinajstić information content (AvgIpc) is 2.87. The van der Waals surface area contributed by atoms with Gasteiger partial charge in [-0.05, 0) is 26.0 Å². The zero-order chi connectivity index (χ0) is 19.9. The van der Waals surface area contributed by atoms with Gasteiger partial charge in [0, 0.05) is 13.6 Å². The molecule has 1 amide bonds.